The van der Waals surface area contributed by atoms with Gasteiger partial charge >= 0.3 is 5.97 Å². The summed E-state index contributed by atoms with van der Waals surface area (Å²) in [5, 5.41) is 13.5. The Bertz CT molecular complexity index is 748. The predicted octanol–water partition coefficient (Wildman–Crippen LogP) is 3.57. The number of amides is 1. The van der Waals surface area contributed by atoms with Crippen molar-refractivity contribution in [3.63, 3.8) is 0 Å². The molecule has 1 amide bonds. The lowest BCUT2D eigenvalue weighted by Crippen LogP contribution is -2.58. The van der Waals surface area contributed by atoms with E-state index in [2.05, 4.69) is 21.2 Å². The Labute approximate surface area is 161 Å². The van der Waals surface area contributed by atoms with Crippen molar-refractivity contribution in [1.29, 1.82) is 0 Å². The number of ether oxygens (including phenoxy) is 1. The lowest BCUT2D eigenvalue weighted by molar-refractivity contribution is -0.196. The number of halogens is 1. The number of hydrogen-bond acceptors (Lipinski definition) is 4. The highest BCUT2D eigenvalue weighted by molar-refractivity contribution is 9.10. The number of esters is 1. The molecule has 0 saturated heterocycles. The largest absolute Gasteiger partial charge is 0.455 e. The molecule has 0 heterocycles. The first-order chi connectivity index (χ1) is 12.3. The monoisotopic (exact) mass is 421 g/mol. The fourth-order valence-electron chi connectivity index (χ4n) is 5.60. The van der Waals surface area contributed by atoms with Gasteiger partial charge in [-0.2, -0.15) is 0 Å². The van der Waals surface area contributed by atoms with Crippen LogP contribution < -0.4 is 5.32 Å². The average Bonchev–Trinajstić information content (AvgIpc) is 2.53. The summed E-state index contributed by atoms with van der Waals surface area (Å²) in [6.45, 7) is 1.68. The van der Waals surface area contributed by atoms with Gasteiger partial charge in [-0.1, -0.05) is 22.0 Å². The minimum absolute atomic E-state index is 0.292. The molecular weight excluding hydrogens is 398 g/mol. The molecule has 4 bridgehead atoms. The summed E-state index contributed by atoms with van der Waals surface area (Å²) in [6, 6.07) is 5.54. The zero-order valence-electron chi connectivity index (χ0n) is 14.9. The van der Waals surface area contributed by atoms with Crippen molar-refractivity contribution in [1.82, 2.24) is 0 Å². The minimum atomic E-state index is -0.709. The van der Waals surface area contributed by atoms with Crippen molar-refractivity contribution in [2.75, 3.05) is 11.9 Å². The van der Waals surface area contributed by atoms with Gasteiger partial charge in [-0.25, -0.2) is 0 Å². The minimum Gasteiger partial charge on any atom is -0.455 e. The SMILES string of the molecule is Cc1ccc(NC(=O)COC(=O)C23C[C@@H]4C[C@@H](CC(O)(C4)C2)C3)cc1Br. The molecule has 2 unspecified atom stereocenters. The molecule has 0 radical (unpaired) electrons. The smallest absolute Gasteiger partial charge is 0.312 e. The van der Waals surface area contributed by atoms with Gasteiger partial charge in [0, 0.05) is 10.2 Å². The van der Waals surface area contributed by atoms with Gasteiger partial charge in [-0.3, -0.25) is 9.59 Å². The van der Waals surface area contributed by atoms with Crippen LogP contribution in [0.4, 0.5) is 5.69 Å². The number of aryl methyl sites for hydroxylation is 1. The maximum Gasteiger partial charge on any atom is 0.312 e. The van der Waals surface area contributed by atoms with Crippen molar-refractivity contribution < 1.29 is 19.4 Å². The Balaban J connectivity index is 1.36. The van der Waals surface area contributed by atoms with Crippen LogP contribution in [0.1, 0.15) is 44.1 Å². The van der Waals surface area contributed by atoms with Crippen LogP contribution in [-0.2, 0) is 14.3 Å². The maximum atomic E-state index is 12.8. The first-order valence-corrected chi connectivity index (χ1v) is 10.0. The average molecular weight is 422 g/mol. The summed E-state index contributed by atoms with van der Waals surface area (Å²) >= 11 is 3.43. The molecule has 5 nitrogen and oxygen atoms in total. The van der Waals surface area contributed by atoms with Crippen LogP contribution in [0.25, 0.3) is 0 Å². The normalized spacial score (nSPS) is 34.6. The predicted molar refractivity (Wildman–Crippen MR) is 101 cm³/mol. The zero-order chi connectivity index (χ0) is 18.5. The summed E-state index contributed by atoms with van der Waals surface area (Å²) in [4.78, 5) is 24.9. The molecule has 4 fully saturated rings. The topological polar surface area (TPSA) is 75.6 Å². The first-order valence-electron chi connectivity index (χ1n) is 9.23. The third kappa shape index (κ3) is 3.29. The van der Waals surface area contributed by atoms with E-state index in [1.54, 1.807) is 0 Å². The van der Waals surface area contributed by atoms with Gasteiger partial charge in [-0.05, 0) is 75.0 Å². The Morgan fingerprint density at radius 1 is 1.27 bits per heavy atom. The van der Waals surface area contributed by atoms with Gasteiger partial charge in [0.15, 0.2) is 6.61 Å². The van der Waals surface area contributed by atoms with Gasteiger partial charge in [0.1, 0.15) is 0 Å². The number of benzene rings is 1. The third-order valence-corrected chi connectivity index (χ3v) is 7.11. The fraction of sp³-hybridized carbons (Fsp3) is 0.600. The van der Waals surface area contributed by atoms with E-state index in [9.17, 15) is 14.7 Å². The van der Waals surface area contributed by atoms with E-state index in [0.29, 0.717) is 23.9 Å². The number of rotatable bonds is 4. The zero-order valence-corrected chi connectivity index (χ0v) is 16.5. The van der Waals surface area contributed by atoms with E-state index in [-0.39, 0.29) is 18.5 Å². The molecule has 26 heavy (non-hydrogen) atoms. The number of aliphatic hydroxyl groups is 1. The maximum absolute atomic E-state index is 12.8. The standard InChI is InChI=1S/C20H24BrNO4/c1-12-2-3-15(5-16(12)21)22-17(23)10-26-18(24)19-6-13-4-14(7-19)9-20(25,8-13)11-19/h2-3,5,13-14,25H,4,6-11H2,1H3,(H,22,23)/t13-,14+,19?,20?. The molecule has 140 valence electrons. The van der Waals surface area contributed by atoms with E-state index in [0.717, 1.165) is 42.1 Å². The van der Waals surface area contributed by atoms with Crippen molar-refractivity contribution in [2.45, 2.75) is 51.0 Å². The van der Waals surface area contributed by atoms with Crippen molar-refractivity contribution in [3.05, 3.63) is 28.2 Å². The molecule has 0 spiro atoms. The lowest BCUT2D eigenvalue weighted by atomic mass is 9.48. The quantitative estimate of drug-likeness (QED) is 0.728. The van der Waals surface area contributed by atoms with Crippen LogP contribution in [0, 0.1) is 24.2 Å². The van der Waals surface area contributed by atoms with E-state index in [4.69, 9.17) is 4.74 Å². The van der Waals surface area contributed by atoms with Crippen LogP contribution in [-0.4, -0.2) is 29.2 Å². The molecule has 1 aromatic rings. The molecule has 4 saturated carbocycles. The second-order valence-electron chi connectivity index (χ2n) is 8.55. The van der Waals surface area contributed by atoms with Crippen LogP contribution in [0.15, 0.2) is 22.7 Å². The van der Waals surface area contributed by atoms with Crippen molar-refractivity contribution in [3.8, 4) is 0 Å². The van der Waals surface area contributed by atoms with Gasteiger partial charge < -0.3 is 15.2 Å². The number of carbonyl (C=O) groups excluding carboxylic acids is 2. The Kier molecular flexibility index (Phi) is 4.39. The molecule has 4 aliphatic rings. The molecule has 5 rings (SSSR count). The summed E-state index contributed by atoms with van der Waals surface area (Å²) < 4.78 is 6.30. The molecular formula is C20H24BrNO4. The molecule has 1 aromatic carbocycles. The summed E-state index contributed by atoms with van der Waals surface area (Å²) in [6.07, 6.45) is 4.79. The highest BCUT2D eigenvalue weighted by Crippen LogP contribution is 2.61. The summed E-state index contributed by atoms with van der Waals surface area (Å²) in [5.74, 6) is 0.155. The Hall–Kier alpha value is -1.40. The second-order valence-corrected chi connectivity index (χ2v) is 9.41. The first kappa shape index (κ1) is 18.0. The second kappa shape index (κ2) is 6.34. The van der Waals surface area contributed by atoms with Crippen molar-refractivity contribution >= 4 is 33.5 Å². The van der Waals surface area contributed by atoms with E-state index < -0.39 is 11.0 Å². The van der Waals surface area contributed by atoms with Gasteiger partial charge in [0.25, 0.3) is 5.91 Å². The van der Waals surface area contributed by atoms with Gasteiger partial charge in [-0.15, -0.1) is 0 Å². The fourth-order valence-corrected chi connectivity index (χ4v) is 5.98. The molecule has 4 aliphatic carbocycles. The lowest BCUT2D eigenvalue weighted by Gasteiger charge is -2.58. The number of hydrogen-bond donors (Lipinski definition) is 2. The number of anilines is 1. The van der Waals surface area contributed by atoms with Crippen LogP contribution in [0.3, 0.4) is 0 Å². The summed E-state index contributed by atoms with van der Waals surface area (Å²) in [7, 11) is 0. The van der Waals surface area contributed by atoms with Crippen LogP contribution in [0.5, 0.6) is 0 Å². The molecule has 2 N–H and O–H groups in total. The van der Waals surface area contributed by atoms with E-state index in [1.165, 1.54) is 0 Å². The van der Waals surface area contributed by atoms with Gasteiger partial charge in [0.2, 0.25) is 0 Å². The highest BCUT2D eigenvalue weighted by atomic mass is 79.9. The van der Waals surface area contributed by atoms with Crippen LogP contribution in [0.2, 0.25) is 0 Å². The number of carbonyl (C=O) groups is 2. The highest BCUT2D eigenvalue weighted by Gasteiger charge is 2.60. The molecule has 6 heteroatoms. The van der Waals surface area contributed by atoms with Gasteiger partial charge in [0.05, 0.1) is 11.0 Å². The van der Waals surface area contributed by atoms with Crippen LogP contribution >= 0.6 is 15.9 Å². The molecule has 4 atom stereocenters. The Morgan fingerprint density at radius 2 is 1.96 bits per heavy atom. The Morgan fingerprint density at radius 3 is 2.58 bits per heavy atom. The van der Waals surface area contributed by atoms with Crippen molar-refractivity contribution in [2.24, 2.45) is 17.3 Å². The molecule has 0 aliphatic heterocycles. The number of nitrogens with one attached hydrogen (secondary N) is 1. The molecule has 0 aromatic heterocycles. The van der Waals surface area contributed by atoms with E-state index in [1.807, 2.05) is 25.1 Å². The summed E-state index contributed by atoms with van der Waals surface area (Å²) in [5.41, 5.74) is 0.438. The third-order valence-electron chi connectivity index (χ3n) is 6.25. The van der Waals surface area contributed by atoms with E-state index >= 15 is 0 Å².